The number of nitrogens with zero attached hydrogens (tertiary/aromatic N) is 13. The summed E-state index contributed by atoms with van der Waals surface area (Å²) < 4.78 is 50.4. The average Bonchev–Trinajstić information content (AvgIpc) is 1.44. The maximum atomic E-state index is 14.6. The maximum Gasteiger partial charge on any atom is 0.411 e. The van der Waals surface area contributed by atoms with Crippen molar-refractivity contribution in [2.75, 3.05) is 70.6 Å². The van der Waals surface area contributed by atoms with E-state index in [2.05, 4.69) is 105 Å². The largest absolute Gasteiger partial charge is 0.495 e. The molecule has 150 heavy (non-hydrogen) atoms. The van der Waals surface area contributed by atoms with Gasteiger partial charge in [0, 0.05) is 152 Å². The van der Waals surface area contributed by atoms with Crippen molar-refractivity contribution >= 4 is 81.4 Å². The van der Waals surface area contributed by atoms with Crippen molar-refractivity contribution in [1.29, 1.82) is 5.26 Å². The number of halogens is 1. The van der Waals surface area contributed by atoms with E-state index in [1.54, 1.807) is 74.1 Å². The number of hydrogen-bond donors (Lipinski definition) is 6. The Kier molecular flexibility index (Phi) is 37.3. The van der Waals surface area contributed by atoms with Crippen LogP contribution in [0.2, 0.25) is 5.02 Å². The number of rotatable bonds is 41. The number of epoxide rings is 1. The third kappa shape index (κ3) is 28.7. The summed E-state index contributed by atoms with van der Waals surface area (Å²) in [6.45, 7) is 11.8. The minimum Gasteiger partial charge on any atom is -0.495 e. The summed E-state index contributed by atoms with van der Waals surface area (Å²) in [5, 5.41) is 62.3. The number of unbranched alkanes of at least 4 members (excludes halogenated alkanes) is 1. The molecule has 5 aromatic heterocycles. The molecule has 6 aliphatic rings. The summed E-state index contributed by atoms with van der Waals surface area (Å²) >= 11 is 8.15. The number of aliphatic hydroxyl groups is 3. The molecule has 15 atom stereocenters. The number of nitrogens with one attached hydrogen (secondary N) is 3. The number of hydrogen-bond acceptors (Lipinski definition) is 28. The smallest absolute Gasteiger partial charge is 0.411 e. The van der Waals surface area contributed by atoms with Crippen LogP contribution in [-0.2, 0) is 124 Å². The van der Waals surface area contributed by atoms with Crippen LogP contribution in [-0.4, -0.2) is 238 Å². The highest BCUT2D eigenvalue weighted by atomic mass is 35.5. The molecule has 36 heteroatoms. The molecule has 5 aromatic carbocycles. The van der Waals surface area contributed by atoms with Gasteiger partial charge in [0.25, 0.3) is 0 Å². The van der Waals surface area contributed by atoms with E-state index in [9.17, 15) is 54.1 Å². The fourth-order valence-electron chi connectivity index (χ4n) is 20.5. The highest BCUT2D eigenvalue weighted by molar-refractivity contribution is 8.08. The first-order chi connectivity index (χ1) is 72.5. The van der Waals surface area contributed by atoms with Gasteiger partial charge in [-0.15, -0.1) is 16.9 Å². The quantitative estimate of drug-likeness (QED) is 0.00681. The molecule has 1 saturated carbocycles. The number of allylic oxidation sites excluding steroid dienone is 4. The van der Waals surface area contributed by atoms with E-state index in [0.717, 1.165) is 91.7 Å². The number of fused-ring (bicyclic) bond motifs is 7. The van der Waals surface area contributed by atoms with E-state index in [4.69, 9.17) is 49.5 Å². The number of aromatic nitrogens is 7. The number of nitriles is 1. The standard InChI is InChI=1S/C114H131ClN16O18S/c1-73-23-22-30-100(143-8)114(141)63-97(147-112(140)123-114)74(2)109-113(4,149-109)101(62-105(135)127(6)94-59-77(55-73)60-95(142-7)106(94)115)148-110(138)75(3)126(5)103(133)45-54-150-99(43-46-116)82-35-37-83(38-36-82)122-111(139)145-72-91-89-39-41-92-93(42-40-90(89)91)131(125-124-92)71-98-108(137)107(136)96(146-98)61-102(132)121-51-44-104(134)130(66-76-31-33-81(34-32-76)80-24-10-9-11-25-80)52-20-21-53-144-88-57-78(64-128(67-84-26-12-16-47-117-84)68-85-27-13-17-48-118-85)56-79(58-88)65-129(69-86-28-14-18-49-119-86)70-87-29-15-19-50-120-87/h9-19,22-38,43,47-50,56-60,74-75,89-91,96-98,100-101,107-109,136-137,141H,20-21,39-42,44-45,51-55,61-72H2,1-8H3,(H,121,132)(H,122,139)(H,123,140)/b30-22+,73-23+,99-43-/t74?,75-,89?,90?,91?,96+,97-,98+,100+,101-,107-,108+,109-,113-,114-/m0/s1. The van der Waals surface area contributed by atoms with Gasteiger partial charge in [0.2, 0.25) is 23.6 Å². The lowest BCUT2D eigenvalue weighted by molar-refractivity contribution is -0.162. The van der Waals surface area contributed by atoms with Crippen LogP contribution in [0, 0.1) is 35.0 Å². The molecule has 0 radical (unpaired) electrons. The second-order valence-corrected chi connectivity index (χ2v) is 41.2. The predicted octanol–water partition coefficient (Wildman–Crippen LogP) is 14.7. The Morgan fingerprint density at radius 2 is 1.37 bits per heavy atom. The Morgan fingerprint density at radius 3 is 1.99 bits per heavy atom. The van der Waals surface area contributed by atoms with Crippen molar-refractivity contribution < 1.29 is 86.8 Å². The number of carbonyl (C=O) groups is 7. The van der Waals surface area contributed by atoms with E-state index in [-0.39, 0.29) is 79.8 Å². The molecule has 4 fully saturated rings. The molecule has 4 unspecified atom stereocenters. The predicted molar refractivity (Wildman–Crippen MR) is 564 cm³/mol. The number of thioether (sulfide) groups is 1. The fourth-order valence-corrected chi connectivity index (χ4v) is 21.7. The topological polar surface area (TPSA) is 416 Å². The minimum atomic E-state index is -1.91. The molecule has 4 bridgehead atoms. The van der Waals surface area contributed by atoms with Gasteiger partial charge in [-0.1, -0.05) is 145 Å². The third-order valence-corrected chi connectivity index (χ3v) is 30.5. The van der Waals surface area contributed by atoms with Gasteiger partial charge in [-0.3, -0.25) is 59.5 Å². The van der Waals surface area contributed by atoms with E-state index < -0.39 is 114 Å². The van der Waals surface area contributed by atoms with Crippen molar-refractivity contribution in [1.82, 2.24) is 65.2 Å². The number of benzene rings is 5. The summed E-state index contributed by atoms with van der Waals surface area (Å²) in [6, 6.07) is 59.9. The zero-order valence-corrected chi connectivity index (χ0v) is 87.3. The second kappa shape index (κ2) is 51.2. The Hall–Kier alpha value is -13.6. The van der Waals surface area contributed by atoms with Gasteiger partial charge in [0.15, 0.2) is 5.72 Å². The monoisotopic (exact) mass is 2080 g/mol. The van der Waals surface area contributed by atoms with Crippen LogP contribution in [0.4, 0.5) is 21.0 Å². The number of amides is 6. The molecule has 16 rings (SSSR count). The Balaban J connectivity index is 0.480. The number of pyridine rings is 4. The zero-order valence-electron chi connectivity index (χ0n) is 85.7. The molecule has 6 N–H and O–H groups in total. The third-order valence-electron chi connectivity index (χ3n) is 29.0. The Labute approximate surface area is 883 Å². The van der Waals surface area contributed by atoms with Gasteiger partial charge in [-0.2, -0.15) is 5.26 Å². The van der Waals surface area contributed by atoms with Gasteiger partial charge >= 0.3 is 18.2 Å². The molecule has 788 valence electrons. The molecule has 3 saturated heterocycles. The second-order valence-electron chi connectivity index (χ2n) is 39.7. The number of aliphatic hydroxyl groups excluding tert-OH is 2. The van der Waals surface area contributed by atoms with Gasteiger partial charge in [-0.25, -0.2) is 19.1 Å². The van der Waals surface area contributed by atoms with Gasteiger partial charge in [0.1, 0.15) is 64.8 Å². The van der Waals surface area contributed by atoms with E-state index in [1.807, 2.05) is 146 Å². The molecule has 10 aromatic rings. The van der Waals surface area contributed by atoms with Crippen LogP contribution in [0.15, 0.2) is 237 Å². The van der Waals surface area contributed by atoms with Crippen molar-refractivity contribution in [3.63, 3.8) is 0 Å². The number of likely N-dealkylation sites (N-methyl/N-ethyl adjacent to an activating group) is 1. The summed E-state index contributed by atoms with van der Waals surface area (Å²) in [5.74, 6) is -1.12. The van der Waals surface area contributed by atoms with E-state index in [1.165, 1.54) is 55.8 Å². The average molecular weight is 2080 g/mol. The summed E-state index contributed by atoms with van der Waals surface area (Å²) in [7, 11) is 5.90. The first-order valence-electron chi connectivity index (χ1n) is 51.1. The first kappa shape index (κ1) is 109. The molecular weight excluding hydrogens is 1950 g/mol. The van der Waals surface area contributed by atoms with Crippen LogP contribution < -0.4 is 30.3 Å². The number of methoxy groups -OCH3 is 2. The van der Waals surface area contributed by atoms with Crippen LogP contribution in [0.5, 0.6) is 11.5 Å². The highest BCUT2D eigenvalue weighted by Crippen LogP contribution is 2.54. The lowest BCUT2D eigenvalue weighted by Crippen LogP contribution is -2.63. The normalized spacial score (nSPS) is 23.3. The molecule has 34 nitrogen and oxygen atoms in total. The lowest BCUT2D eigenvalue weighted by atomic mass is 9.83. The Morgan fingerprint density at radius 1 is 0.747 bits per heavy atom. The van der Waals surface area contributed by atoms with Crippen molar-refractivity contribution in [3.05, 3.63) is 304 Å². The SMILES string of the molecule is COc1cc2cc(c1Cl)N(C)C(=O)C[C@H](OC(=O)[C@H](C)N(C)C(=O)CCS/C(=C\C#N)c1ccc(NC(=O)OCC3C4CCc5nnn(C[C@H]6O[C@H](CC(=O)NCCC(=O)N(CCCCOc7cc(CN(Cc8ccccn8)Cc8ccccn8)cc(CN(Cc8ccccn8)Cc8ccccn8)c7)Cc7ccc(-c8ccccc8)cc7)[C@H](O)[C@@H]6O)c5CCC43)cc1)[C@]1(C)O[C@H]1C(C)[C@@H]1C[C@@](O)(NC(=O)O1)[C@H](OC)/C=C/C=C(\C)C2. The molecule has 0 spiro atoms. The summed E-state index contributed by atoms with van der Waals surface area (Å²) in [4.78, 5) is 126. The number of esters is 1. The fraction of sp³-hybridized carbons (Fsp3) is 0.421. The van der Waals surface area contributed by atoms with Crippen molar-refractivity contribution in [2.45, 2.75) is 223 Å². The van der Waals surface area contributed by atoms with Gasteiger partial charge < -0.3 is 73.2 Å². The molecule has 4 aliphatic heterocycles. The molecular formula is C114H131ClN16O18S. The van der Waals surface area contributed by atoms with Crippen molar-refractivity contribution in [2.24, 2.45) is 23.7 Å². The van der Waals surface area contributed by atoms with Crippen LogP contribution in [0.1, 0.15) is 147 Å². The minimum absolute atomic E-state index is 0.000250. The van der Waals surface area contributed by atoms with Gasteiger partial charge in [0.05, 0.1) is 97.8 Å². The maximum absolute atomic E-state index is 14.6. The number of alkyl carbamates (subject to hydrolysis) is 1. The first-order valence-corrected chi connectivity index (χ1v) is 52.4. The van der Waals surface area contributed by atoms with Crippen LogP contribution in [0.3, 0.4) is 0 Å². The van der Waals surface area contributed by atoms with Crippen molar-refractivity contribution in [3.8, 4) is 28.7 Å². The molecule has 2 aliphatic carbocycles. The molecule has 6 amide bonds. The number of aryl methyl sites for hydroxylation is 1. The van der Waals surface area contributed by atoms with E-state index in [0.29, 0.717) is 119 Å². The lowest BCUT2D eigenvalue weighted by Gasteiger charge is -2.42. The van der Waals surface area contributed by atoms with Crippen LogP contribution in [0.25, 0.3) is 16.0 Å². The Bertz CT molecular complexity index is 6250. The highest BCUT2D eigenvalue weighted by Gasteiger charge is 2.65. The molecule has 9 heterocycles. The number of anilines is 2. The summed E-state index contributed by atoms with van der Waals surface area (Å²) in [5.41, 5.74) is 10.4. The summed E-state index contributed by atoms with van der Waals surface area (Å²) in [6.07, 6.45) is 7.15. The van der Waals surface area contributed by atoms with E-state index >= 15 is 0 Å². The number of carbonyl (C=O) groups excluding carboxylic acids is 7. The van der Waals surface area contributed by atoms with Crippen LogP contribution >= 0.6 is 23.4 Å². The number of ether oxygens (including phenoxy) is 8. The zero-order chi connectivity index (χ0) is 106. The van der Waals surface area contributed by atoms with Gasteiger partial charge in [-0.05, 0) is 207 Å².